The van der Waals surface area contributed by atoms with Crippen LogP contribution in [0.5, 0.6) is 0 Å². The number of aryl methyl sites for hydroxylation is 1. The van der Waals surface area contributed by atoms with E-state index in [1.54, 1.807) is 0 Å². The minimum Gasteiger partial charge on any atom is -0.312 e. The Labute approximate surface area is 116 Å². The zero-order chi connectivity index (χ0) is 13.2. The molecule has 0 aliphatic heterocycles. The topological polar surface area (TPSA) is 12.0 Å². The van der Waals surface area contributed by atoms with Gasteiger partial charge in [0.2, 0.25) is 0 Å². The van der Waals surface area contributed by atoms with Crippen molar-refractivity contribution in [2.75, 3.05) is 12.3 Å². The van der Waals surface area contributed by atoms with Gasteiger partial charge < -0.3 is 5.32 Å². The van der Waals surface area contributed by atoms with Crippen LogP contribution >= 0.6 is 11.8 Å². The summed E-state index contributed by atoms with van der Waals surface area (Å²) in [6, 6.07) is 9.05. The van der Waals surface area contributed by atoms with Crippen LogP contribution in [0.2, 0.25) is 0 Å². The van der Waals surface area contributed by atoms with Gasteiger partial charge in [-0.3, -0.25) is 0 Å². The first-order valence-electron chi connectivity index (χ1n) is 6.59. The van der Waals surface area contributed by atoms with Crippen LogP contribution in [-0.2, 0) is 0 Å². The third-order valence-corrected chi connectivity index (χ3v) is 4.08. The van der Waals surface area contributed by atoms with Crippen LogP contribution in [0, 0.1) is 18.8 Å². The summed E-state index contributed by atoms with van der Waals surface area (Å²) >= 11 is 1.93. The smallest absolute Gasteiger partial charge is 0.0271 e. The highest BCUT2D eigenvalue weighted by Crippen LogP contribution is 2.22. The molecule has 0 bridgehead atoms. The lowest BCUT2D eigenvalue weighted by Crippen LogP contribution is -2.31. The number of benzene rings is 1. The predicted molar refractivity (Wildman–Crippen MR) is 82.1 cm³/mol. The lowest BCUT2D eigenvalue weighted by atomic mass is 10.2. The van der Waals surface area contributed by atoms with E-state index in [4.69, 9.17) is 0 Å². The van der Waals surface area contributed by atoms with Crippen LogP contribution in [0.1, 0.15) is 32.3 Å². The van der Waals surface area contributed by atoms with Crippen molar-refractivity contribution >= 4 is 11.8 Å². The standard InChI is InChI=1S/C16H23NS/c1-4-6-10-15(17-12-5-2)13-18-16-11-8-7-9-14(16)3/h7-9,11,15,17H,5,10,12-13H2,1-3H3. The van der Waals surface area contributed by atoms with Gasteiger partial charge in [-0.1, -0.05) is 25.1 Å². The Morgan fingerprint density at radius 2 is 2.11 bits per heavy atom. The average molecular weight is 261 g/mol. The van der Waals surface area contributed by atoms with Crippen LogP contribution in [0.3, 0.4) is 0 Å². The molecule has 0 aliphatic rings. The molecule has 1 aromatic carbocycles. The summed E-state index contributed by atoms with van der Waals surface area (Å²) in [5, 5.41) is 3.57. The Kier molecular flexibility index (Phi) is 7.64. The maximum absolute atomic E-state index is 3.57. The maximum atomic E-state index is 3.57. The minimum absolute atomic E-state index is 0.488. The fourth-order valence-electron chi connectivity index (χ4n) is 1.67. The zero-order valence-electron chi connectivity index (χ0n) is 11.6. The van der Waals surface area contributed by atoms with Crippen molar-refractivity contribution in [2.45, 2.75) is 44.6 Å². The monoisotopic (exact) mass is 261 g/mol. The summed E-state index contributed by atoms with van der Waals surface area (Å²) in [5.74, 6) is 7.25. The van der Waals surface area contributed by atoms with Gasteiger partial charge in [0.1, 0.15) is 0 Å². The van der Waals surface area contributed by atoms with Gasteiger partial charge in [0.25, 0.3) is 0 Å². The van der Waals surface area contributed by atoms with E-state index in [1.165, 1.54) is 16.9 Å². The SMILES string of the molecule is CC#CCC(CSc1ccccc1C)NCCC. The summed E-state index contributed by atoms with van der Waals surface area (Å²) in [7, 11) is 0. The fraction of sp³-hybridized carbons (Fsp3) is 0.500. The Morgan fingerprint density at radius 3 is 2.78 bits per heavy atom. The highest BCUT2D eigenvalue weighted by molar-refractivity contribution is 7.99. The first kappa shape index (κ1) is 15.1. The van der Waals surface area contributed by atoms with E-state index in [9.17, 15) is 0 Å². The van der Waals surface area contributed by atoms with Crippen molar-refractivity contribution in [3.63, 3.8) is 0 Å². The Bertz CT molecular complexity index is 403. The molecule has 1 nitrogen and oxygen atoms in total. The number of nitrogens with one attached hydrogen (secondary N) is 1. The first-order chi connectivity index (χ1) is 8.77. The van der Waals surface area contributed by atoms with E-state index in [0.29, 0.717) is 6.04 Å². The second-order valence-electron chi connectivity index (χ2n) is 4.36. The fourth-order valence-corrected chi connectivity index (χ4v) is 2.76. The van der Waals surface area contributed by atoms with Gasteiger partial charge in [-0.2, -0.15) is 0 Å². The molecule has 0 saturated heterocycles. The van der Waals surface area contributed by atoms with Crippen molar-refractivity contribution in [2.24, 2.45) is 0 Å². The van der Waals surface area contributed by atoms with Crippen LogP contribution < -0.4 is 5.32 Å². The van der Waals surface area contributed by atoms with Crippen molar-refractivity contribution in [1.82, 2.24) is 5.32 Å². The van der Waals surface area contributed by atoms with Crippen LogP contribution in [0.25, 0.3) is 0 Å². The molecule has 0 aliphatic carbocycles. The summed E-state index contributed by atoms with van der Waals surface area (Å²) in [5.41, 5.74) is 1.36. The van der Waals surface area contributed by atoms with Crippen LogP contribution in [0.4, 0.5) is 0 Å². The Balaban J connectivity index is 2.49. The van der Waals surface area contributed by atoms with Gasteiger partial charge in [0.05, 0.1) is 0 Å². The lowest BCUT2D eigenvalue weighted by Gasteiger charge is -2.16. The highest BCUT2D eigenvalue weighted by atomic mass is 32.2. The zero-order valence-corrected chi connectivity index (χ0v) is 12.4. The molecule has 1 atom stereocenters. The van der Waals surface area contributed by atoms with Crippen molar-refractivity contribution < 1.29 is 0 Å². The number of thioether (sulfide) groups is 1. The number of hydrogen-bond donors (Lipinski definition) is 1. The average Bonchev–Trinajstić information content (AvgIpc) is 2.39. The molecule has 2 heteroatoms. The molecule has 1 aromatic rings. The summed E-state index contributed by atoms with van der Waals surface area (Å²) in [4.78, 5) is 1.38. The van der Waals surface area contributed by atoms with E-state index in [0.717, 1.165) is 18.7 Å². The minimum atomic E-state index is 0.488. The van der Waals surface area contributed by atoms with Crippen molar-refractivity contribution in [3.8, 4) is 11.8 Å². The molecule has 1 unspecified atom stereocenters. The van der Waals surface area contributed by atoms with E-state index in [1.807, 2.05) is 18.7 Å². The molecule has 0 aromatic heterocycles. The summed E-state index contributed by atoms with van der Waals surface area (Å²) in [6.45, 7) is 7.35. The van der Waals surface area contributed by atoms with E-state index < -0.39 is 0 Å². The molecule has 98 valence electrons. The molecule has 18 heavy (non-hydrogen) atoms. The molecular formula is C16H23NS. The van der Waals surface area contributed by atoms with Crippen LogP contribution in [0.15, 0.2) is 29.2 Å². The molecule has 1 N–H and O–H groups in total. The molecule has 0 saturated carbocycles. The van der Waals surface area contributed by atoms with E-state index >= 15 is 0 Å². The van der Waals surface area contributed by atoms with Gasteiger partial charge in [0, 0.05) is 23.1 Å². The Morgan fingerprint density at radius 1 is 1.33 bits per heavy atom. The summed E-state index contributed by atoms with van der Waals surface area (Å²) in [6.07, 6.45) is 2.11. The third kappa shape index (κ3) is 5.62. The molecule has 1 rings (SSSR count). The highest BCUT2D eigenvalue weighted by Gasteiger charge is 2.07. The van der Waals surface area contributed by atoms with Gasteiger partial charge in [-0.15, -0.1) is 23.6 Å². The van der Waals surface area contributed by atoms with Crippen molar-refractivity contribution in [1.29, 1.82) is 0 Å². The van der Waals surface area contributed by atoms with Gasteiger partial charge in [0.15, 0.2) is 0 Å². The third-order valence-electron chi connectivity index (χ3n) is 2.74. The largest absolute Gasteiger partial charge is 0.312 e. The molecule has 0 amide bonds. The second kappa shape index (κ2) is 9.08. The number of rotatable bonds is 7. The van der Waals surface area contributed by atoms with Gasteiger partial charge in [-0.05, 0) is 38.4 Å². The molecular weight excluding hydrogens is 238 g/mol. The van der Waals surface area contributed by atoms with Crippen LogP contribution in [-0.4, -0.2) is 18.3 Å². The molecule has 0 radical (unpaired) electrons. The molecule has 0 fully saturated rings. The predicted octanol–water partition coefficient (Wildman–Crippen LogP) is 3.87. The first-order valence-corrected chi connectivity index (χ1v) is 7.58. The van der Waals surface area contributed by atoms with Gasteiger partial charge in [-0.25, -0.2) is 0 Å². The summed E-state index contributed by atoms with van der Waals surface area (Å²) < 4.78 is 0. The molecule has 0 spiro atoms. The van der Waals surface area contributed by atoms with E-state index in [2.05, 4.69) is 55.3 Å². The van der Waals surface area contributed by atoms with E-state index in [-0.39, 0.29) is 0 Å². The Hall–Kier alpha value is -0.910. The quantitative estimate of drug-likeness (QED) is 0.591. The van der Waals surface area contributed by atoms with Gasteiger partial charge >= 0.3 is 0 Å². The normalized spacial score (nSPS) is 11.7. The number of hydrogen-bond acceptors (Lipinski definition) is 2. The van der Waals surface area contributed by atoms with Crippen molar-refractivity contribution in [3.05, 3.63) is 29.8 Å². The molecule has 0 heterocycles. The lowest BCUT2D eigenvalue weighted by molar-refractivity contribution is 0.563. The second-order valence-corrected chi connectivity index (χ2v) is 5.42. The maximum Gasteiger partial charge on any atom is 0.0271 e.